The van der Waals surface area contributed by atoms with Gasteiger partial charge in [-0.1, -0.05) is 11.8 Å². The van der Waals surface area contributed by atoms with Crippen LogP contribution in [0.2, 0.25) is 0 Å². The number of aromatic nitrogens is 6. The van der Waals surface area contributed by atoms with Crippen molar-refractivity contribution in [1.29, 1.82) is 0 Å². The van der Waals surface area contributed by atoms with Crippen molar-refractivity contribution in [2.45, 2.75) is 30.6 Å². The molecule has 5 rings (SSSR count). The van der Waals surface area contributed by atoms with Crippen LogP contribution in [-0.4, -0.2) is 72.1 Å². The van der Waals surface area contributed by atoms with Crippen LogP contribution in [0.1, 0.15) is 18.0 Å². The Morgan fingerprint density at radius 2 is 2.17 bits per heavy atom. The highest BCUT2D eigenvalue weighted by Crippen LogP contribution is 2.32. The van der Waals surface area contributed by atoms with Crippen LogP contribution in [0.25, 0.3) is 5.65 Å². The lowest BCUT2D eigenvalue weighted by Crippen LogP contribution is -2.60. The molecule has 2 aliphatic rings. The fourth-order valence-corrected chi connectivity index (χ4v) is 4.80. The monoisotopic (exact) mass is 412 g/mol. The fraction of sp³-hybridized carbons (Fsp3) is 0.444. The number of aryl methyl sites for hydroxylation is 1. The second-order valence-corrected chi connectivity index (χ2v) is 8.44. The predicted octanol–water partition coefficient (Wildman–Crippen LogP) is 0.374. The standard InChI is InChI=1S/C18H20N8O2S/c1-11-6-19-18-26(17(11)28)12(9-29-18)5-16(27)23(2)13-7-24(8-13)15-4-3-14-21-20-10-25(14)22-15/h3-4,6,10,12-13H,5,7-9H2,1-2H3. The van der Waals surface area contributed by atoms with Gasteiger partial charge in [0.25, 0.3) is 5.56 Å². The number of hydrogen-bond acceptors (Lipinski definition) is 8. The van der Waals surface area contributed by atoms with Gasteiger partial charge in [0, 0.05) is 44.1 Å². The lowest BCUT2D eigenvalue weighted by Gasteiger charge is -2.44. The van der Waals surface area contributed by atoms with Crippen molar-refractivity contribution in [2.24, 2.45) is 0 Å². The highest BCUT2D eigenvalue weighted by Gasteiger charge is 2.35. The SMILES string of the molecule is Cc1cnc2n(c1=O)C(CC(=O)N(C)C1CN(c3ccc4nncn4n3)C1)CS2. The molecule has 0 radical (unpaired) electrons. The van der Waals surface area contributed by atoms with Gasteiger partial charge in [0.2, 0.25) is 5.91 Å². The van der Waals surface area contributed by atoms with E-state index in [0.29, 0.717) is 28.5 Å². The summed E-state index contributed by atoms with van der Waals surface area (Å²) in [7, 11) is 1.83. The van der Waals surface area contributed by atoms with Crippen LogP contribution in [0.4, 0.5) is 5.82 Å². The molecule has 1 atom stereocenters. The van der Waals surface area contributed by atoms with Gasteiger partial charge in [-0.3, -0.25) is 14.2 Å². The summed E-state index contributed by atoms with van der Waals surface area (Å²) in [6, 6.07) is 3.78. The first-order chi connectivity index (χ1) is 14.0. The van der Waals surface area contributed by atoms with Crippen LogP contribution in [-0.2, 0) is 4.79 Å². The van der Waals surface area contributed by atoms with E-state index in [2.05, 4.69) is 25.2 Å². The maximum Gasteiger partial charge on any atom is 0.257 e. The molecular formula is C18H20N8O2S. The lowest BCUT2D eigenvalue weighted by atomic mass is 10.1. The topological polar surface area (TPSA) is 102 Å². The highest BCUT2D eigenvalue weighted by atomic mass is 32.2. The van der Waals surface area contributed by atoms with E-state index >= 15 is 0 Å². The number of anilines is 1. The summed E-state index contributed by atoms with van der Waals surface area (Å²) in [6.45, 7) is 3.20. The van der Waals surface area contributed by atoms with Gasteiger partial charge in [-0.15, -0.1) is 15.3 Å². The van der Waals surface area contributed by atoms with E-state index in [-0.39, 0.29) is 23.6 Å². The summed E-state index contributed by atoms with van der Waals surface area (Å²) in [4.78, 5) is 33.5. The largest absolute Gasteiger partial charge is 0.351 e. The van der Waals surface area contributed by atoms with Gasteiger partial charge in [0.05, 0.1) is 12.1 Å². The van der Waals surface area contributed by atoms with Gasteiger partial charge >= 0.3 is 0 Å². The molecule has 10 nitrogen and oxygen atoms in total. The number of thioether (sulfide) groups is 1. The van der Waals surface area contributed by atoms with Crippen molar-refractivity contribution in [3.8, 4) is 0 Å². The number of carbonyl (C=O) groups excluding carboxylic acids is 1. The van der Waals surface area contributed by atoms with Crippen LogP contribution in [0, 0.1) is 6.92 Å². The minimum atomic E-state index is -0.140. The van der Waals surface area contributed by atoms with E-state index in [0.717, 1.165) is 18.9 Å². The number of likely N-dealkylation sites (N-methyl/N-ethyl adjacent to an activating group) is 1. The Balaban J connectivity index is 1.23. The zero-order valence-electron chi connectivity index (χ0n) is 16.1. The molecule has 0 saturated carbocycles. The molecule has 3 aromatic rings. The first-order valence-corrected chi connectivity index (χ1v) is 10.4. The van der Waals surface area contributed by atoms with Crippen molar-refractivity contribution in [3.63, 3.8) is 0 Å². The molecule has 0 aliphatic carbocycles. The minimum Gasteiger partial charge on any atom is -0.351 e. The number of amides is 1. The van der Waals surface area contributed by atoms with Crippen LogP contribution in [0.15, 0.2) is 34.6 Å². The molecule has 1 saturated heterocycles. The number of hydrogen-bond donors (Lipinski definition) is 0. The Kier molecular flexibility index (Phi) is 4.26. The third-order valence-corrected chi connectivity index (χ3v) is 6.70. The van der Waals surface area contributed by atoms with E-state index < -0.39 is 0 Å². The van der Waals surface area contributed by atoms with Gasteiger partial charge in [0.1, 0.15) is 12.1 Å². The third kappa shape index (κ3) is 3.05. The normalized spacial score (nSPS) is 18.7. The summed E-state index contributed by atoms with van der Waals surface area (Å²) < 4.78 is 3.32. The van der Waals surface area contributed by atoms with Gasteiger partial charge in [0.15, 0.2) is 10.8 Å². The molecule has 5 heterocycles. The molecular weight excluding hydrogens is 392 g/mol. The number of fused-ring (bicyclic) bond motifs is 2. The first-order valence-electron chi connectivity index (χ1n) is 9.40. The molecule has 0 N–H and O–H groups in total. The maximum absolute atomic E-state index is 12.8. The molecule has 0 bridgehead atoms. The van der Waals surface area contributed by atoms with E-state index in [1.54, 1.807) is 33.4 Å². The van der Waals surface area contributed by atoms with Gasteiger partial charge in [-0.05, 0) is 19.1 Å². The predicted molar refractivity (Wildman–Crippen MR) is 107 cm³/mol. The Hall–Kier alpha value is -2.95. The molecule has 29 heavy (non-hydrogen) atoms. The van der Waals surface area contributed by atoms with E-state index in [4.69, 9.17) is 0 Å². The zero-order chi connectivity index (χ0) is 20.1. The van der Waals surface area contributed by atoms with Crippen molar-refractivity contribution in [2.75, 3.05) is 30.8 Å². The Morgan fingerprint density at radius 1 is 1.34 bits per heavy atom. The molecule has 0 spiro atoms. The second-order valence-electron chi connectivity index (χ2n) is 7.46. The third-order valence-electron chi connectivity index (χ3n) is 5.59. The molecule has 0 aromatic carbocycles. The fourth-order valence-electron chi connectivity index (χ4n) is 3.69. The van der Waals surface area contributed by atoms with Gasteiger partial charge < -0.3 is 9.80 Å². The van der Waals surface area contributed by atoms with E-state index in [1.165, 1.54) is 11.8 Å². The zero-order valence-corrected chi connectivity index (χ0v) is 16.9. The van der Waals surface area contributed by atoms with E-state index in [1.807, 2.05) is 19.2 Å². The molecule has 1 unspecified atom stereocenters. The average Bonchev–Trinajstić information content (AvgIpc) is 3.30. The number of nitrogens with zero attached hydrogens (tertiary/aromatic N) is 8. The highest BCUT2D eigenvalue weighted by molar-refractivity contribution is 7.99. The summed E-state index contributed by atoms with van der Waals surface area (Å²) in [5.41, 5.74) is 1.26. The minimum absolute atomic E-state index is 0.0451. The summed E-state index contributed by atoms with van der Waals surface area (Å²) >= 11 is 1.53. The van der Waals surface area contributed by atoms with E-state index in [9.17, 15) is 9.59 Å². The van der Waals surface area contributed by atoms with Crippen LogP contribution in [0.5, 0.6) is 0 Å². The van der Waals surface area contributed by atoms with Crippen LogP contribution in [0.3, 0.4) is 0 Å². The van der Waals surface area contributed by atoms with Crippen LogP contribution < -0.4 is 10.5 Å². The molecule has 2 aliphatic heterocycles. The smallest absolute Gasteiger partial charge is 0.257 e. The maximum atomic E-state index is 12.8. The quantitative estimate of drug-likeness (QED) is 0.567. The number of rotatable bonds is 4. The summed E-state index contributed by atoms with van der Waals surface area (Å²) in [6.07, 6.45) is 3.48. The molecule has 3 aromatic heterocycles. The van der Waals surface area contributed by atoms with Crippen LogP contribution >= 0.6 is 11.8 Å². The van der Waals surface area contributed by atoms with Crippen molar-refractivity contribution >= 4 is 29.1 Å². The molecule has 1 amide bonds. The summed E-state index contributed by atoms with van der Waals surface area (Å²) in [5, 5.41) is 13.0. The lowest BCUT2D eigenvalue weighted by molar-refractivity contribution is -0.133. The molecule has 11 heteroatoms. The molecule has 1 fully saturated rings. The average molecular weight is 412 g/mol. The first kappa shape index (κ1) is 18.1. The van der Waals surface area contributed by atoms with Crippen molar-refractivity contribution in [1.82, 2.24) is 34.3 Å². The summed E-state index contributed by atoms with van der Waals surface area (Å²) in [5.74, 6) is 1.58. The van der Waals surface area contributed by atoms with Crippen molar-refractivity contribution in [3.05, 3.63) is 40.6 Å². The number of carbonyl (C=O) groups is 1. The second kappa shape index (κ2) is 6.83. The Labute approximate surface area is 170 Å². The van der Waals surface area contributed by atoms with Crippen molar-refractivity contribution < 1.29 is 4.79 Å². The van der Waals surface area contributed by atoms with Gasteiger partial charge in [-0.2, -0.15) is 4.52 Å². The van der Waals surface area contributed by atoms with Gasteiger partial charge in [-0.25, -0.2) is 4.98 Å². The molecule has 150 valence electrons. The Bertz CT molecular complexity index is 1150. The Morgan fingerprint density at radius 3 is 3.00 bits per heavy atom.